The lowest BCUT2D eigenvalue weighted by atomic mass is 10.1. The van der Waals surface area contributed by atoms with Crippen LogP contribution in [0.15, 0.2) is 23.1 Å². The van der Waals surface area contributed by atoms with Crippen LogP contribution in [0.2, 0.25) is 0 Å². The Hall–Kier alpha value is -3.49. The second kappa shape index (κ2) is 8.10. The van der Waals surface area contributed by atoms with E-state index in [-0.39, 0.29) is 29.7 Å². The van der Waals surface area contributed by atoms with Crippen LogP contribution in [0.1, 0.15) is 57.6 Å². The number of nitrogens with zero attached hydrogens (tertiary/aromatic N) is 4. The number of aromatic amines is 1. The minimum Gasteiger partial charge on any atom is -0.348 e. The Morgan fingerprint density at radius 2 is 1.93 bits per heavy atom. The molecular weight excluding hydrogens is 384 g/mol. The summed E-state index contributed by atoms with van der Waals surface area (Å²) >= 11 is 0. The first-order chi connectivity index (χ1) is 14.1. The molecule has 0 atom stereocenters. The summed E-state index contributed by atoms with van der Waals surface area (Å²) in [5, 5.41) is 7.67. The van der Waals surface area contributed by atoms with Crippen LogP contribution < -0.4 is 10.9 Å². The summed E-state index contributed by atoms with van der Waals surface area (Å²) < 4.78 is 1.67. The van der Waals surface area contributed by atoms with Crippen LogP contribution in [0.5, 0.6) is 0 Å². The standard InChI is InChI=1S/C21H26N6O3/c1-11(2)27-18-16(10-23-27)14(8-17(25-18)21(30)26(5)6)19(28)22-9-15-12(3)7-13(4)24-20(15)29/h7-8,10-11H,9H2,1-6H3,(H,22,28)(H,24,29). The highest BCUT2D eigenvalue weighted by Crippen LogP contribution is 2.22. The molecule has 0 aromatic carbocycles. The SMILES string of the molecule is Cc1cc(C)c(CNC(=O)c2cc(C(=O)N(C)C)nc3c2cnn3C(C)C)c(=O)[nH]1. The highest BCUT2D eigenvalue weighted by atomic mass is 16.2. The van der Waals surface area contributed by atoms with Crippen molar-refractivity contribution in [1.29, 1.82) is 0 Å². The van der Waals surface area contributed by atoms with Crippen molar-refractivity contribution in [2.24, 2.45) is 0 Å². The third kappa shape index (κ3) is 3.96. The molecule has 0 aliphatic heterocycles. The van der Waals surface area contributed by atoms with Crippen molar-refractivity contribution >= 4 is 22.8 Å². The molecule has 0 fully saturated rings. The van der Waals surface area contributed by atoms with Gasteiger partial charge in [-0.3, -0.25) is 14.4 Å². The Kier molecular flexibility index (Phi) is 5.73. The van der Waals surface area contributed by atoms with E-state index in [2.05, 4.69) is 20.4 Å². The highest BCUT2D eigenvalue weighted by molar-refractivity contribution is 6.07. The molecule has 0 aliphatic carbocycles. The fourth-order valence-electron chi connectivity index (χ4n) is 3.29. The molecule has 0 aliphatic rings. The summed E-state index contributed by atoms with van der Waals surface area (Å²) in [6, 6.07) is 3.33. The number of amides is 2. The quantitative estimate of drug-likeness (QED) is 0.667. The lowest BCUT2D eigenvalue weighted by molar-refractivity contribution is 0.0822. The summed E-state index contributed by atoms with van der Waals surface area (Å²) in [6.07, 6.45) is 1.57. The topological polar surface area (TPSA) is 113 Å². The third-order valence-electron chi connectivity index (χ3n) is 4.85. The number of fused-ring (bicyclic) bond motifs is 1. The third-order valence-corrected chi connectivity index (χ3v) is 4.85. The molecule has 0 radical (unpaired) electrons. The number of aryl methyl sites for hydroxylation is 2. The van der Waals surface area contributed by atoms with Gasteiger partial charge < -0.3 is 15.2 Å². The lowest BCUT2D eigenvalue weighted by Gasteiger charge is -2.13. The monoisotopic (exact) mass is 410 g/mol. The lowest BCUT2D eigenvalue weighted by Crippen LogP contribution is -2.29. The van der Waals surface area contributed by atoms with E-state index in [0.29, 0.717) is 22.2 Å². The van der Waals surface area contributed by atoms with Crippen molar-refractivity contribution in [2.45, 2.75) is 40.3 Å². The fraction of sp³-hybridized carbons (Fsp3) is 0.381. The maximum absolute atomic E-state index is 13.0. The Morgan fingerprint density at radius 1 is 1.23 bits per heavy atom. The molecule has 2 N–H and O–H groups in total. The van der Waals surface area contributed by atoms with Gasteiger partial charge in [-0.2, -0.15) is 5.10 Å². The van der Waals surface area contributed by atoms with Crippen LogP contribution in [0.25, 0.3) is 11.0 Å². The van der Waals surface area contributed by atoms with E-state index in [0.717, 1.165) is 11.3 Å². The predicted octanol–water partition coefficient (Wildman–Crippen LogP) is 1.95. The van der Waals surface area contributed by atoms with Gasteiger partial charge in [0.2, 0.25) is 0 Å². The van der Waals surface area contributed by atoms with Crippen LogP contribution in [0.3, 0.4) is 0 Å². The summed E-state index contributed by atoms with van der Waals surface area (Å²) in [5.41, 5.74) is 2.73. The number of hydrogen-bond acceptors (Lipinski definition) is 5. The number of carbonyl (C=O) groups is 2. The molecule has 2 amide bonds. The summed E-state index contributed by atoms with van der Waals surface area (Å²) in [6.45, 7) is 7.59. The van der Waals surface area contributed by atoms with Gasteiger partial charge in [0.15, 0.2) is 5.65 Å². The largest absolute Gasteiger partial charge is 0.348 e. The van der Waals surface area contributed by atoms with Crippen LogP contribution in [-0.4, -0.2) is 50.6 Å². The molecule has 0 bridgehead atoms. The van der Waals surface area contributed by atoms with E-state index in [1.54, 1.807) is 31.9 Å². The van der Waals surface area contributed by atoms with Gasteiger partial charge in [-0.25, -0.2) is 9.67 Å². The molecule has 9 nitrogen and oxygen atoms in total. The maximum Gasteiger partial charge on any atom is 0.272 e. The Labute approximate surface area is 174 Å². The van der Waals surface area contributed by atoms with Crippen molar-refractivity contribution in [3.05, 3.63) is 56.8 Å². The van der Waals surface area contributed by atoms with E-state index < -0.39 is 5.91 Å². The van der Waals surface area contributed by atoms with Crippen LogP contribution >= 0.6 is 0 Å². The number of H-pyrrole nitrogens is 1. The van der Waals surface area contributed by atoms with Gasteiger partial charge >= 0.3 is 0 Å². The molecule has 9 heteroatoms. The molecule has 30 heavy (non-hydrogen) atoms. The van der Waals surface area contributed by atoms with Gasteiger partial charge in [-0.1, -0.05) is 0 Å². The predicted molar refractivity (Wildman–Crippen MR) is 114 cm³/mol. The molecule has 3 rings (SSSR count). The Balaban J connectivity index is 2.02. The zero-order valence-corrected chi connectivity index (χ0v) is 18.0. The van der Waals surface area contributed by atoms with Crippen LogP contribution in [0.4, 0.5) is 0 Å². The van der Waals surface area contributed by atoms with Crippen molar-refractivity contribution in [3.63, 3.8) is 0 Å². The first kappa shape index (κ1) is 21.2. The maximum atomic E-state index is 13.0. The van der Waals surface area contributed by atoms with E-state index in [1.165, 1.54) is 11.0 Å². The fourth-order valence-corrected chi connectivity index (χ4v) is 3.29. The smallest absolute Gasteiger partial charge is 0.272 e. The number of hydrogen-bond donors (Lipinski definition) is 2. The molecule has 3 heterocycles. The second-order valence-corrected chi connectivity index (χ2v) is 7.80. The average molecular weight is 410 g/mol. The van der Waals surface area contributed by atoms with E-state index in [1.807, 2.05) is 26.8 Å². The first-order valence-electron chi connectivity index (χ1n) is 9.67. The molecule has 3 aromatic rings. The van der Waals surface area contributed by atoms with Crippen molar-refractivity contribution in [1.82, 2.24) is 30.0 Å². The van der Waals surface area contributed by atoms with Crippen LogP contribution in [0, 0.1) is 13.8 Å². The molecule has 3 aromatic heterocycles. The summed E-state index contributed by atoms with van der Waals surface area (Å²) in [7, 11) is 3.25. The zero-order chi connectivity index (χ0) is 22.2. The van der Waals surface area contributed by atoms with Gasteiger partial charge in [-0.05, 0) is 45.4 Å². The highest BCUT2D eigenvalue weighted by Gasteiger charge is 2.21. The Bertz CT molecular complexity index is 1190. The van der Waals surface area contributed by atoms with E-state index in [9.17, 15) is 14.4 Å². The van der Waals surface area contributed by atoms with Gasteiger partial charge in [0.1, 0.15) is 5.69 Å². The van der Waals surface area contributed by atoms with Gasteiger partial charge in [0.25, 0.3) is 17.4 Å². The normalized spacial score (nSPS) is 11.2. The minimum atomic E-state index is -0.405. The average Bonchev–Trinajstić information content (AvgIpc) is 3.09. The zero-order valence-electron chi connectivity index (χ0n) is 18.0. The first-order valence-corrected chi connectivity index (χ1v) is 9.67. The molecule has 0 saturated heterocycles. The van der Waals surface area contributed by atoms with Gasteiger partial charge in [0.05, 0.1) is 17.1 Å². The number of rotatable bonds is 5. The van der Waals surface area contributed by atoms with Gasteiger partial charge in [0, 0.05) is 37.9 Å². The summed E-state index contributed by atoms with van der Waals surface area (Å²) in [4.78, 5) is 46.4. The number of nitrogens with one attached hydrogen (secondary N) is 2. The number of carbonyl (C=O) groups excluding carboxylic acids is 2. The van der Waals surface area contributed by atoms with E-state index >= 15 is 0 Å². The number of pyridine rings is 2. The molecular formula is C21H26N6O3. The number of aromatic nitrogens is 4. The Morgan fingerprint density at radius 3 is 2.53 bits per heavy atom. The second-order valence-electron chi connectivity index (χ2n) is 7.80. The van der Waals surface area contributed by atoms with Crippen molar-refractivity contribution in [3.8, 4) is 0 Å². The van der Waals surface area contributed by atoms with Gasteiger partial charge in [-0.15, -0.1) is 0 Å². The minimum absolute atomic E-state index is 0.00406. The van der Waals surface area contributed by atoms with E-state index in [4.69, 9.17) is 0 Å². The molecule has 158 valence electrons. The van der Waals surface area contributed by atoms with Crippen molar-refractivity contribution in [2.75, 3.05) is 14.1 Å². The van der Waals surface area contributed by atoms with Crippen molar-refractivity contribution < 1.29 is 9.59 Å². The van der Waals surface area contributed by atoms with Crippen LogP contribution in [-0.2, 0) is 6.54 Å². The molecule has 0 unspecified atom stereocenters. The molecule has 0 spiro atoms. The molecule has 0 saturated carbocycles. The summed E-state index contributed by atoms with van der Waals surface area (Å²) in [5.74, 6) is -0.717.